The summed E-state index contributed by atoms with van der Waals surface area (Å²) in [5, 5.41) is 0.539. The Kier molecular flexibility index (Phi) is 4.35. The Morgan fingerprint density at radius 3 is 2.44 bits per heavy atom. The van der Waals surface area contributed by atoms with Crippen LogP contribution in [-0.2, 0) is 4.79 Å². The van der Waals surface area contributed by atoms with Gasteiger partial charge in [-0.25, -0.2) is 4.39 Å². The molecule has 2 aromatic carbocycles. The molecule has 0 heterocycles. The highest BCUT2D eigenvalue weighted by molar-refractivity contribution is 14.1. The zero-order valence-corrected chi connectivity index (χ0v) is 12.2. The van der Waals surface area contributed by atoms with E-state index in [9.17, 15) is 9.18 Å². The van der Waals surface area contributed by atoms with Crippen LogP contribution in [0.3, 0.4) is 0 Å². The van der Waals surface area contributed by atoms with Crippen LogP contribution in [0.15, 0.2) is 42.5 Å². The largest absolute Gasteiger partial charge is 0.302 e. The van der Waals surface area contributed by atoms with Gasteiger partial charge in [-0.2, -0.15) is 0 Å². The molecule has 0 aliphatic carbocycles. The summed E-state index contributed by atoms with van der Waals surface area (Å²) in [5.74, 6) is -0.787. The summed E-state index contributed by atoms with van der Waals surface area (Å²) >= 11 is 8.28. The first-order valence-corrected chi connectivity index (χ1v) is 6.73. The number of carbonyl (C=O) groups is 1. The quantitative estimate of drug-likeness (QED) is 0.574. The molecule has 0 amide bonds. The summed E-state index contributed by atoms with van der Waals surface area (Å²) in [7, 11) is 0. The van der Waals surface area contributed by atoms with Crippen LogP contribution in [0, 0.1) is 9.39 Å². The molecule has 0 radical (unpaired) electrons. The average Bonchev–Trinajstić information content (AvgIpc) is 2.37. The van der Waals surface area contributed by atoms with E-state index in [1.54, 1.807) is 18.2 Å². The predicted octanol–water partition coefficient (Wildman–Crippen LogP) is 4.41. The Bertz CT molecular complexity index is 569. The molecule has 0 aliphatic rings. The first kappa shape index (κ1) is 13.5. The number of benzene rings is 2. The SMILES string of the molecule is O=CC(c1ccc(F)cc1)c1cc(I)ccc1Cl. The van der Waals surface area contributed by atoms with E-state index in [0.29, 0.717) is 5.02 Å². The van der Waals surface area contributed by atoms with Crippen molar-refractivity contribution in [2.24, 2.45) is 0 Å². The Balaban J connectivity index is 2.48. The van der Waals surface area contributed by atoms with Crippen molar-refractivity contribution < 1.29 is 9.18 Å². The van der Waals surface area contributed by atoms with Crippen LogP contribution in [0.25, 0.3) is 0 Å². The molecule has 0 aromatic heterocycles. The van der Waals surface area contributed by atoms with Crippen molar-refractivity contribution in [1.82, 2.24) is 0 Å². The fraction of sp³-hybridized carbons (Fsp3) is 0.0714. The molecule has 0 spiro atoms. The molecule has 92 valence electrons. The average molecular weight is 375 g/mol. The zero-order chi connectivity index (χ0) is 13.1. The number of halogens is 3. The van der Waals surface area contributed by atoms with E-state index in [1.165, 1.54) is 12.1 Å². The van der Waals surface area contributed by atoms with Crippen molar-refractivity contribution >= 4 is 40.5 Å². The summed E-state index contributed by atoms with van der Waals surface area (Å²) in [5.41, 5.74) is 1.47. The molecule has 0 saturated carbocycles. The third-order valence-corrected chi connectivity index (χ3v) is 3.67. The first-order valence-electron chi connectivity index (χ1n) is 5.27. The van der Waals surface area contributed by atoms with Crippen molar-refractivity contribution in [2.75, 3.05) is 0 Å². The smallest absolute Gasteiger partial charge is 0.131 e. The topological polar surface area (TPSA) is 17.1 Å². The van der Waals surface area contributed by atoms with Gasteiger partial charge in [-0.05, 0) is 64.0 Å². The minimum absolute atomic E-state index is 0.322. The van der Waals surface area contributed by atoms with Crippen LogP contribution in [0.1, 0.15) is 17.0 Å². The molecule has 4 heteroatoms. The second-order valence-electron chi connectivity index (χ2n) is 3.83. The van der Waals surface area contributed by atoms with E-state index < -0.39 is 5.92 Å². The molecule has 1 nitrogen and oxygen atoms in total. The molecule has 0 aliphatic heterocycles. The van der Waals surface area contributed by atoms with Crippen LogP contribution in [0.2, 0.25) is 5.02 Å². The maximum Gasteiger partial charge on any atom is 0.131 e. The van der Waals surface area contributed by atoms with Crippen molar-refractivity contribution in [2.45, 2.75) is 5.92 Å². The number of hydrogen-bond acceptors (Lipinski definition) is 1. The number of carbonyl (C=O) groups excluding carboxylic acids is 1. The van der Waals surface area contributed by atoms with Crippen LogP contribution >= 0.6 is 34.2 Å². The Labute approximate surface area is 123 Å². The monoisotopic (exact) mass is 374 g/mol. The lowest BCUT2D eigenvalue weighted by atomic mass is 9.93. The Morgan fingerprint density at radius 1 is 1.17 bits per heavy atom. The van der Waals surface area contributed by atoms with Gasteiger partial charge >= 0.3 is 0 Å². The van der Waals surface area contributed by atoms with E-state index in [-0.39, 0.29) is 5.82 Å². The third-order valence-electron chi connectivity index (χ3n) is 2.66. The van der Waals surface area contributed by atoms with Crippen LogP contribution in [-0.4, -0.2) is 6.29 Å². The standard InChI is InChI=1S/C14H9ClFIO/c15-14-6-5-11(17)7-12(14)13(8-18)9-1-3-10(16)4-2-9/h1-8,13H. The van der Waals surface area contributed by atoms with Gasteiger partial charge in [-0.15, -0.1) is 0 Å². The van der Waals surface area contributed by atoms with Crippen LogP contribution in [0.5, 0.6) is 0 Å². The Morgan fingerprint density at radius 2 is 1.83 bits per heavy atom. The second-order valence-corrected chi connectivity index (χ2v) is 5.48. The minimum Gasteiger partial charge on any atom is -0.302 e. The maximum atomic E-state index is 12.9. The van der Waals surface area contributed by atoms with Gasteiger partial charge < -0.3 is 4.79 Å². The van der Waals surface area contributed by atoms with Gasteiger partial charge in [-0.1, -0.05) is 23.7 Å². The molecule has 2 aromatic rings. The lowest BCUT2D eigenvalue weighted by Crippen LogP contribution is -2.03. The summed E-state index contributed by atoms with van der Waals surface area (Å²) in [6.07, 6.45) is 0.824. The van der Waals surface area contributed by atoms with E-state index in [1.807, 2.05) is 12.1 Å². The molecule has 1 unspecified atom stereocenters. The van der Waals surface area contributed by atoms with Gasteiger partial charge in [0.05, 0.1) is 5.92 Å². The maximum absolute atomic E-state index is 12.9. The van der Waals surface area contributed by atoms with Crippen LogP contribution in [0.4, 0.5) is 4.39 Å². The lowest BCUT2D eigenvalue weighted by Gasteiger charge is -2.13. The van der Waals surface area contributed by atoms with E-state index >= 15 is 0 Å². The second kappa shape index (κ2) is 5.80. The van der Waals surface area contributed by atoms with Crippen molar-refractivity contribution in [3.05, 3.63) is 68.0 Å². The molecular weight excluding hydrogens is 366 g/mol. The zero-order valence-electron chi connectivity index (χ0n) is 9.24. The van der Waals surface area contributed by atoms with Gasteiger partial charge in [0.25, 0.3) is 0 Å². The summed E-state index contributed by atoms with van der Waals surface area (Å²) < 4.78 is 13.9. The first-order chi connectivity index (χ1) is 8.61. The molecular formula is C14H9ClFIO. The fourth-order valence-electron chi connectivity index (χ4n) is 1.75. The minimum atomic E-state index is -0.465. The van der Waals surface area contributed by atoms with Gasteiger partial charge in [-0.3, -0.25) is 0 Å². The Hall–Kier alpha value is -0.940. The third kappa shape index (κ3) is 2.90. The van der Waals surface area contributed by atoms with Crippen LogP contribution < -0.4 is 0 Å². The molecule has 0 bridgehead atoms. The molecule has 2 rings (SSSR count). The fourth-order valence-corrected chi connectivity index (χ4v) is 2.50. The van der Waals surface area contributed by atoms with Gasteiger partial charge in [0.2, 0.25) is 0 Å². The van der Waals surface area contributed by atoms with Crippen molar-refractivity contribution in [3.63, 3.8) is 0 Å². The molecule has 18 heavy (non-hydrogen) atoms. The summed E-state index contributed by atoms with van der Waals surface area (Å²) in [6, 6.07) is 11.4. The van der Waals surface area contributed by atoms with E-state index in [0.717, 1.165) is 21.0 Å². The highest BCUT2D eigenvalue weighted by atomic mass is 127. The highest BCUT2D eigenvalue weighted by Gasteiger charge is 2.16. The van der Waals surface area contributed by atoms with E-state index in [4.69, 9.17) is 11.6 Å². The lowest BCUT2D eigenvalue weighted by molar-refractivity contribution is -0.108. The van der Waals surface area contributed by atoms with Gasteiger partial charge in [0.1, 0.15) is 12.1 Å². The molecule has 0 N–H and O–H groups in total. The van der Waals surface area contributed by atoms with Gasteiger partial charge in [0, 0.05) is 8.59 Å². The highest BCUT2D eigenvalue weighted by Crippen LogP contribution is 2.30. The van der Waals surface area contributed by atoms with Crippen molar-refractivity contribution in [3.8, 4) is 0 Å². The number of hydrogen-bond donors (Lipinski definition) is 0. The number of rotatable bonds is 3. The van der Waals surface area contributed by atoms with Crippen molar-refractivity contribution in [1.29, 1.82) is 0 Å². The van der Waals surface area contributed by atoms with E-state index in [2.05, 4.69) is 22.6 Å². The predicted molar refractivity (Wildman–Crippen MR) is 78.5 cm³/mol. The summed E-state index contributed by atoms with van der Waals surface area (Å²) in [4.78, 5) is 11.3. The van der Waals surface area contributed by atoms with Gasteiger partial charge in [0.15, 0.2) is 0 Å². The molecule has 0 saturated heterocycles. The molecule has 0 fully saturated rings. The summed E-state index contributed by atoms with van der Waals surface area (Å²) in [6.45, 7) is 0. The number of aldehydes is 1. The molecule has 1 atom stereocenters. The normalized spacial score (nSPS) is 12.2.